The number of anilines is 1. The largest absolute Gasteiger partial charge is 0.480 e. The Kier molecular flexibility index (Phi) is 8.02. The van der Waals surface area contributed by atoms with Crippen molar-refractivity contribution in [2.75, 3.05) is 11.4 Å². The van der Waals surface area contributed by atoms with Crippen molar-refractivity contribution in [1.82, 2.24) is 10.3 Å². The van der Waals surface area contributed by atoms with E-state index in [0.29, 0.717) is 28.7 Å². The quantitative estimate of drug-likeness (QED) is 0.274. The van der Waals surface area contributed by atoms with Gasteiger partial charge >= 0.3 is 5.97 Å². The molecule has 9 heteroatoms. The van der Waals surface area contributed by atoms with Crippen LogP contribution in [0.5, 0.6) is 0 Å². The number of aliphatic carboxylic acids is 1. The zero-order valence-corrected chi connectivity index (χ0v) is 20.8. The molecule has 0 aliphatic heterocycles. The van der Waals surface area contributed by atoms with Gasteiger partial charge in [-0.15, -0.1) is 11.3 Å². The molecule has 1 heterocycles. The third-order valence-electron chi connectivity index (χ3n) is 5.18. The Labute approximate surface area is 216 Å². The lowest BCUT2D eigenvalue weighted by Crippen LogP contribution is -2.29. The highest BCUT2D eigenvalue weighted by Gasteiger charge is 2.15. The summed E-state index contributed by atoms with van der Waals surface area (Å²) in [4.78, 5) is 29.8. The van der Waals surface area contributed by atoms with Crippen LogP contribution in [0, 0.1) is 0 Å². The number of carbonyl (C=O) groups is 2. The summed E-state index contributed by atoms with van der Waals surface area (Å²) in [6, 6.07) is 22.7. The lowest BCUT2D eigenvalue weighted by molar-refractivity contribution is -0.135. The molecule has 1 aromatic heterocycles. The van der Waals surface area contributed by atoms with E-state index < -0.39 is 18.4 Å². The molecule has 0 atom stereocenters. The number of carboxylic acids is 1. The van der Waals surface area contributed by atoms with Crippen LogP contribution in [0.2, 0.25) is 10.0 Å². The topological polar surface area (TPSA) is 82.5 Å². The number of aromatic nitrogens is 1. The number of hydrogen-bond donors (Lipinski definition) is 2. The number of carbonyl (C=O) groups excluding carboxylic acids is 1. The van der Waals surface area contributed by atoms with Crippen molar-refractivity contribution in [2.24, 2.45) is 0 Å². The van der Waals surface area contributed by atoms with Crippen molar-refractivity contribution in [2.45, 2.75) is 13.1 Å². The highest BCUT2D eigenvalue weighted by atomic mass is 35.5. The summed E-state index contributed by atoms with van der Waals surface area (Å²) in [5.41, 5.74) is 4.23. The Balaban J connectivity index is 1.56. The molecule has 0 fully saturated rings. The Morgan fingerprint density at radius 3 is 2.26 bits per heavy atom. The van der Waals surface area contributed by atoms with E-state index in [1.54, 1.807) is 24.3 Å². The van der Waals surface area contributed by atoms with Gasteiger partial charge in [0.15, 0.2) is 5.13 Å². The summed E-state index contributed by atoms with van der Waals surface area (Å²) in [7, 11) is 0. The van der Waals surface area contributed by atoms with Gasteiger partial charge in [0, 0.05) is 29.6 Å². The van der Waals surface area contributed by atoms with Crippen molar-refractivity contribution in [3.63, 3.8) is 0 Å². The van der Waals surface area contributed by atoms with Crippen molar-refractivity contribution in [3.8, 4) is 11.3 Å². The molecule has 0 aliphatic carbocycles. The average Bonchev–Trinajstić information content (AvgIpc) is 3.35. The first-order valence-corrected chi connectivity index (χ1v) is 12.3. The maximum absolute atomic E-state index is 12.1. The van der Waals surface area contributed by atoms with Gasteiger partial charge in [-0.1, -0.05) is 71.7 Å². The van der Waals surface area contributed by atoms with Crippen LogP contribution in [0.4, 0.5) is 5.13 Å². The summed E-state index contributed by atoms with van der Waals surface area (Å²) in [5.74, 6) is -1.51. The van der Waals surface area contributed by atoms with E-state index in [1.807, 2.05) is 41.8 Å². The Morgan fingerprint density at radius 2 is 1.60 bits per heavy atom. The van der Waals surface area contributed by atoms with Crippen molar-refractivity contribution >= 4 is 51.5 Å². The van der Waals surface area contributed by atoms with Gasteiger partial charge in [-0.05, 0) is 35.4 Å². The number of halogens is 2. The van der Waals surface area contributed by atoms with E-state index in [9.17, 15) is 9.59 Å². The molecule has 35 heavy (non-hydrogen) atoms. The second kappa shape index (κ2) is 11.4. The minimum absolute atomic E-state index is 0.403. The zero-order chi connectivity index (χ0) is 24.8. The number of rotatable bonds is 9. The molecule has 6 nitrogen and oxygen atoms in total. The maximum atomic E-state index is 12.1. The van der Waals surface area contributed by atoms with Crippen LogP contribution in [0.15, 0.2) is 78.2 Å². The second-order valence-electron chi connectivity index (χ2n) is 7.76. The summed E-state index contributed by atoms with van der Waals surface area (Å²) >= 11 is 13.8. The van der Waals surface area contributed by atoms with E-state index in [-0.39, 0.29) is 0 Å². The summed E-state index contributed by atoms with van der Waals surface area (Å²) in [6.07, 6.45) is 0. The molecule has 2 N–H and O–H groups in total. The first kappa shape index (κ1) is 24.7. The number of thiazole rings is 1. The lowest BCUT2D eigenvalue weighted by Gasteiger charge is -2.22. The monoisotopic (exact) mass is 525 g/mol. The lowest BCUT2D eigenvalue weighted by atomic mass is 10.1. The number of benzene rings is 3. The molecule has 4 rings (SSSR count). The molecular formula is C26H21Cl2N3O3S. The fourth-order valence-corrected chi connectivity index (χ4v) is 4.57. The number of carboxylic acid groups (broad SMARTS) is 1. The Hall–Kier alpha value is -3.39. The van der Waals surface area contributed by atoms with E-state index in [2.05, 4.69) is 22.3 Å². The zero-order valence-electron chi connectivity index (χ0n) is 18.4. The molecule has 1 amide bonds. The molecular weight excluding hydrogens is 505 g/mol. The third kappa shape index (κ3) is 6.60. The molecule has 3 aromatic carbocycles. The molecule has 4 aromatic rings. The number of nitrogens with zero attached hydrogens (tertiary/aromatic N) is 2. The minimum Gasteiger partial charge on any atom is -0.480 e. The van der Waals surface area contributed by atoms with Gasteiger partial charge in [-0.3, -0.25) is 9.59 Å². The van der Waals surface area contributed by atoms with Gasteiger partial charge in [-0.25, -0.2) is 4.98 Å². The second-order valence-corrected chi connectivity index (χ2v) is 9.41. The van der Waals surface area contributed by atoms with Crippen molar-refractivity contribution in [1.29, 1.82) is 0 Å². The first-order valence-electron chi connectivity index (χ1n) is 10.7. The smallest absolute Gasteiger partial charge is 0.322 e. The molecule has 0 saturated carbocycles. The standard InChI is InChI=1S/C26H21Cl2N3O3S/c27-21-11-10-20(12-22(21)28)23-16-35-26(30-23)31(14-17-4-2-1-3-5-17)15-18-6-8-19(9-7-18)25(34)29-13-24(32)33/h1-12,16H,13-15H2,(H,29,34)(H,32,33). The van der Waals surface area contributed by atoms with Gasteiger partial charge in [0.05, 0.1) is 15.7 Å². The highest BCUT2D eigenvalue weighted by Crippen LogP contribution is 2.32. The van der Waals surface area contributed by atoms with Gasteiger partial charge in [0.1, 0.15) is 6.54 Å². The van der Waals surface area contributed by atoms with Crippen LogP contribution in [0.1, 0.15) is 21.5 Å². The van der Waals surface area contributed by atoms with Crippen LogP contribution >= 0.6 is 34.5 Å². The van der Waals surface area contributed by atoms with E-state index in [4.69, 9.17) is 33.3 Å². The summed E-state index contributed by atoms with van der Waals surface area (Å²) in [5, 5.41) is 14.9. The van der Waals surface area contributed by atoms with Crippen LogP contribution in [0.3, 0.4) is 0 Å². The molecule has 0 saturated heterocycles. The molecule has 178 valence electrons. The van der Waals surface area contributed by atoms with Crippen molar-refractivity contribution in [3.05, 3.63) is 105 Å². The molecule has 0 aliphatic rings. The minimum atomic E-state index is -1.09. The molecule has 0 spiro atoms. The number of amides is 1. The molecule has 0 radical (unpaired) electrons. The summed E-state index contributed by atoms with van der Waals surface area (Å²) in [6.45, 7) is 0.799. The predicted molar refractivity (Wildman–Crippen MR) is 140 cm³/mol. The molecule has 0 bridgehead atoms. The summed E-state index contributed by atoms with van der Waals surface area (Å²) < 4.78 is 0. The van der Waals surface area contributed by atoms with Crippen molar-refractivity contribution < 1.29 is 14.7 Å². The van der Waals surface area contributed by atoms with E-state index in [0.717, 1.165) is 27.5 Å². The van der Waals surface area contributed by atoms with Crippen LogP contribution < -0.4 is 10.2 Å². The van der Waals surface area contributed by atoms with E-state index >= 15 is 0 Å². The van der Waals surface area contributed by atoms with Crippen LogP contribution in [0.25, 0.3) is 11.3 Å². The third-order valence-corrected chi connectivity index (χ3v) is 6.82. The SMILES string of the molecule is O=C(O)CNC(=O)c1ccc(CN(Cc2ccccc2)c2nc(-c3ccc(Cl)c(Cl)c3)cs2)cc1. The fraction of sp³-hybridized carbons (Fsp3) is 0.115. The average molecular weight is 526 g/mol. The first-order chi connectivity index (χ1) is 16.9. The van der Waals surface area contributed by atoms with Crippen LogP contribution in [-0.2, 0) is 17.9 Å². The Bertz CT molecular complexity index is 1330. The number of hydrogen-bond acceptors (Lipinski definition) is 5. The van der Waals surface area contributed by atoms with Gasteiger partial charge in [0.25, 0.3) is 5.91 Å². The Morgan fingerprint density at radius 1 is 0.914 bits per heavy atom. The number of nitrogens with one attached hydrogen (secondary N) is 1. The maximum Gasteiger partial charge on any atom is 0.322 e. The predicted octanol–water partition coefficient (Wildman–Crippen LogP) is 6.14. The normalized spacial score (nSPS) is 10.7. The van der Waals surface area contributed by atoms with Gasteiger partial charge in [-0.2, -0.15) is 0 Å². The fourth-order valence-electron chi connectivity index (χ4n) is 3.43. The molecule has 0 unspecified atom stereocenters. The van der Waals surface area contributed by atoms with Crippen LogP contribution in [-0.4, -0.2) is 28.5 Å². The van der Waals surface area contributed by atoms with Gasteiger partial charge < -0.3 is 15.3 Å². The van der Waals surface area contributed by atoms with E-state index in [1.165, 1.54) is 11.3 Å². The van der Waals surface area contributed by atoms with Gasteiger partial charge in [0.2, 0.25) is 0 Å². The highest BCUT2D eigenvalue weighted by molar-refractivity contribution is 7.14.